The fourth-order valence-electron chi connectivity index (χ4n) is 1.95. The van der Waals surface area contributed by atoms with Crippen LogP contribution in [0.1, 0.15) is 11.1 Å². The molecule has 0 aromatic heterocycles. The Morgan fingerprint density at radius 1 is 1.50 bits per heavy atom. The predicted octanol–water partition coefficient (Wildman–Crippen LogP) is 1.28. The van der Waals surface area contributed by atoms with Gasteiger partial charge in [0.05, 0.1) is 6.54 Å². The van der Waals surface area contributed by atoms with Gasteiger partial charge in [0.1, 0.15) is 0 Å². The summed E-state index contributed by atoms with van der Waals surface area (Å²) >= 11 is 6.06. The van der Waals surface area contributed by atoms with Crippen LogP contribution < -0.4 is 10.6 Å². The van der Waals surface area contributed by atoms with Crippen LogP contribution in [0.4, 0.5) is 0 Å². The lowest BCUT2D eigenvalue weighted by atomic mass is 10.00. The zero-order valence-corrected chi connectivity index (χ0v) is 9.97. The molecule has 0 saturated carbocycles. The summed E-state index contributed by atoms with van der Waals surface area (Å²) in [5.74, 6) is 0.0657. The summed E-state index contributed by atoms with van der Waals surface area (Å²) in [5, 5.41) is 6.85. The normalized spacial score (nSPS) is 20.6. The Bertz CT molecular complexity index is 406. The number of hydrogen-bond acceptors (Lipinski definition) is 2. The van der Waals surface area contributed by atoms with Crippen LogP contribution >= 0.6 is 11.6 Å². The largest absolute Gasteiger partial charge is 0.351 e. The van der Waals surface area contributed by atoms with Gasteiger partial charge in [-0.2, -0.15) is 0 Å². The number of hydrogen-bond donors (Lipinski definition) is 2. The van der Waals surface area contributed by atoms with Crippen LogP contribution in [0, 0.1) is 6.92 Å². The van der Waals surface area contributed by atoms with Gasteiger partial charge >= 0.3 is 0 Å². The number of rotatable bonds is 2. The molecule has 1 amide bonds. The Hall–Kier alpha value is -1.06. The van der Waals surface area contributed by atoms with E-state index in [2.05, 4.69) is 16.7 Å². The molecule has 86 valence electrons. The highest BCUT2D eigenvalue weighted by Crippen LogP contribution is 2.19. The van der Waals surface area contributed by atoms with Gasteiger partial charge in [-0.15, -0.1) is 0 Å². The van der Waals surface area contributed by atoms with Gasteiger partial charge in [0, 0.05) is 17.6 Å². The standard InChI is InChI=1S/C12H15ClN2O/c1-8-9(3-2-4-11(8)13)5-10-6-14-7-12(16)15-10/h2-4,10,14H,5-7H2,1H3,(H,15,16). The lowest BCUT2D eigenvalue weighted by Gasteiger charge is -2.24. The molecule has 16 heavy (non-hydrogen) atoms. The van der Waals surface area contributed by atoms with Crippen molar-refractivity contribution in [3.8, 4) is 0 Å². The highest BCUT2D eigenvalue weighted by atomic mass is 35.5. The van der Waals surface area contributed by atoms with Gasteiger partial charge in [0.25, 0.3) is 0 Å². The maximum absolute atomic E-state index is 11.2. The van der Waals surface area contributed by atoms with E-state index in [0.717, 1.165) is 23.6 Å². The molecule has 0 spiro atoms. The van der Waals surface area contributed by atoms with Gasteiger partial charge in [0.2, 0.25) is 5.91 Å². The van der Waals surface area contributed by atoms with E-state index in [0.29, 0.717) is 6.54 Å². The van der Waals surface area contributed by atoms with E-state index in [1.807, 2.05) is 19.1 Å². The third kappa shape index (κ3) is 2.54. The minimum absolute atomic E-state index is 0.0657. The summed E-state index contributed by atoms with van der Waals surface area (Å²) in [7, 11) is 0. The van der Waals surface area contributed by atoms with Crippen molar-refractivity contribution in [3.05, 3.63) is 34.3 Å². The summed E-state index contributed by atoms with van der Waals surface area (Å²) in [5.41, 5.74) is 2.30. The van der Waals surface area contributed by atoms with E-state index >= 15 is 0 Å². The lowest BCUT2D eigenvalue weighted by molar-refractivity contribution is -0.122. The van der Waals surface area contributed by atoms with Crippen molar-refractivity contribution in [1.29, 1.82) is 0 Å². The molecule has 0 bridgehead atoms. The Labute approximate surface area is 100 Å². The summed E-state index contributed by atoms with van der Waals surface area (Å²) in [4.78, 5) is 11.2. The van der Waals surface area contributed by atoms with E-state index in [1.54, 1.807) is 0 Å². The van der Waals surface area contributed by atoms with Crippen LogP contribution in [0.3, 0.4) is 0 Å². The summed E-state index contributed by atoms with van der Waals surface area (Å²) < 4.78 is 0. The maximum Gasteiger partial charge on any atom is 0.234 e. The number of nitrogens with one attached hydrogen (secondary N) is 2. The van der Waals surface area contributed by atoms with Gasteiger partial charge in [-0.25, -0.2) is 0 Å². The molecule has 1 aromatic rings. The Morgan fingerprint density at radius 3 is 3.06 bits per heavy atom. The van der Waals surface area contributed by atoms with Gasteiger partial charge < -0.3 is 10.6 Å². The average molecular weight is 239 g/mol. The molecular weight excluding hydrogens is 224 g/mol. The number of halogens is 1. The number of benzene rings is 1. The molecule has 1 aliphatic heterocycles. The first-order chi connectivity index (χ1) is 7.66. The fraction of sp³-hybridized carbons (Fsp3) is 0.417. The second-order valence-corrected chi connectivity index (χ2v) is 4.53. The second kappa shape index (κ2) is 4.85. The minimum atomic E-state index is 0.0657. The van der Waals surface area contributed by atoms with Crippen molar-refractivity contribution in [1.82, 2.24) is 10.6 Å². The van der Waals surface area contributed by atoms with Crippen LogP contribution in [0.15, 0.2) is 18.2 Å². The van der Waals surface area contributed by atoms with Crippen LogP contribution in [0.25, 0.3) is 0 Å². The molecular formula is C12H15ClN2O. The monoisotopic (exact) mass is 238 g/mol. The first kappa shape index (κ1) is 11.4. The topological polar surface area (TPSA) is 41.1 Å². The molecule has 2 N–H and O–H groups in total. The average Bonchev–Trinajstić information content (AvgIpc) is 2.25. The molecule has 1 aromatic carbocycles. The van der Waals surface area contributed by atoms with Crippen LogP contribution in [0.5, 0.6) is 0 Å². The quantitative estimate of drug-likeness (QED) is 0.815. The molecule has 1 fully saturated rings. The van der Waals surface area contributed by atoms with Crippen LogP contribution in [-0.4, -0.2) is 25.0 Å². The van der Waals surface area contributed by atoms with E-state index < -0.39 is 0 Å². The molecule has 1 aliphatic rings. The van der Waals surface area contributed by atoms with Crippen molar-refractivity contribution in [2.45, 2.75) is 19.4 Å². The molecule has 2 rings (SSSR count). The lowest BCUT2D eigenvalue weighted by Crippen LogP contribution is -2.53. The third-order valence-corrected chi connectivity index (χ3v) is 3.30. The Kier molecular flexibility index (Phi) is 3.46. The number of piperazine rings is 1. The summed E-state index contributed by atoms with van der Waals surface area (Å²) in [6, 6.07) is 6.06. The zero-order valence-electron chi connectivity index (χ0n) is 9.22. The first-order valence-corrected chi connectivity index (χ1v) is 5.78. The SMILES string of the molecule is Cc1c(Cl)cccc1CC1CNCC(=O)N1. The molecule has 1 heterocycles. The summed E-state index contributed by atoms with van der Waals surface area (Å²) in [6.07, 6.45) is 0.825. The van der Waals surface area contributed by atoms with Crippen LogP contribution in [0.2, 0.25) is 5.02 Å². The van der Waals surface area contributed by atoms with Gasteiger partial charge in [0.15, 0.2) is 0 Å². The smallest absolute Gasteiger partial charge is 0.234 e. The number of carbonyl (C=O) groups excluding carboxylic acids is 1. The molecule has 1 saturated heterocycles. The predicted molar refractivity (Wildman–Crippen MR) is 64.7 cm³/mol. The number of amides is 1. The molecule has 0 aliphatic carbocycles. The third-order valence-electron chi connectivity index (χ3n) is 2.89. The second-order valence-electron chi connectivity index (χ2n) is 4.12. The Morgan fingerprint density at radius 2 is 2.31 bits per heavy atom. The fourth-order valence-corrected chi connectivity index (χ4v) is 2.15. The number of carbonyl (C=O) groups is 1. The molecule has 0 radical (unpaired) electrons. The molecule has 1 unspecified atom stereocenters. The minimum Gasteiger partial charge on any atom is -0.351 e. The van der Waals surface area contributed by atoms with E-state index in [1.165, 1.54) is 5.56 Å². The van der Waals surface area contributed by atoms with Crippen LogP contribution in [-0.2, 0) is 11.2 Å². The highest BCUT2D eigenvalue weighted by Gasteiger charge is 2.18. The Balaban J connectivity index is 2.08. The van der Waals surface area contributed by atoms with Crippen molar-refractivity contribution in [3.63, 3.8) is 0 Å². The van der Waals surface area contributed by atoms with Crippen molar-refractivity contribution in [2.24, 2.45) is 0 Å². The highest BCUT2D eigenvalue weighted by molar-refractivity contribution is 6.31. The van der Waals surface area contributed by atoms with Gasteiger partial charge in [-0.05, 0) is 30.5 Å². The van der Waals surface area contributed by atoms with E-state index in [4.69, 9.17) is 11.6 Å². The summed E-state index contributed by atoms with van der Waals surface area (Å²) in [6.45, 7) is 3.25. The van der Waals surface area contributed by atoms with Gasteiger partial charge in [-0.1, -0.05) is 23.7 Å². The molecule has 1 atom stereocenters. The van der Waals surface area contributed by atoms with Crippen molar-refractivity contribution >= 4 is 17.5 Å². The zero-order chi connectivity index (χ0) is 11.5. The van der Waals surface area contributed by atoms with Crippen molar-refractivity contribution < 1.29 is 4.79 Å². The first-order valence-electron chi connectivity index (χ1n) is 5.41. The van der Waals surface area contributed by atoms with E-state index in [-0.39, 0.29) is 11.9 Å². The maximum atomic E-state index is 11.2. The van der Waals surface area contributed by atoms with Crippen molar-refractivity contribution in [2.75, 3.05) is 13.1 Å². The molecule has 4 heteroatoms. The van der Waals surface area contributed by atoms with Gasteiger partial charge in [-0.3, -0.25) is 4.79 Å². The molecule has 3 nitrogen and oxygen atoms in total. The van der Waals surface area contributed by atoms with E-state index in [9.17, 15) is 4.79 Å².